The van der Waals surface area contributed by atoms with Gasteiger partial charge in [-0.15, -0.1) is 11.3 Å². The maximum Gasteiger partial charge on any atom is 0.0702 e. The van der Waals surface area contributed by atoms with Crippen LogP contribution < -0.4 is 5.32 Å². The highest BCUT2D eigenvalue weighted by Gasteiger charge is 2.18. The van der Waals surface area contributed by atoms with Gasteiger partial charge in [0.2, 0.25) is 0 Å². The van der Waals surface area contributed by atoms with Crippen LogP contribution in [-0.2, 0) is 0 Å². The second-order valence-corrected chi connectivity index (χ2v) is 7.94. The van der Waals surface area contributed by atoms with Crippen LogP contribution in [0, 0.1) is 13.8 Å². The Balaban J connectivity index is 2.47. The van der Waals surface area contributed by atoms with Gasteiger partial charge in [0.05, 0.1) is 9.83 Å². The zero-order chi connectivity index (χ0) is 14.0. The van der Waals surface area contributed by atoms with Crippen LogP contribution in [0.2, 0.25) is 0 Å². The van der Waals surface area contributed by atoms with E-state index in [4.69, 9.17) is 0 Å². The molecule has 1 nitrogen and oxygen atoms in total. The fourth-order valence-corrected chi connectivity index (χ4v) is 4.14. The van der Waals surface area contributed by atoms with Gasteiger partial charge in [-0.3, -0.25) is 0 Å². The summed E-state index contributed by atoms with van der Waals surface area (Å²) in [5.41, 5.74) is 3.95. The number of hydrogen-bond donors (Lipinski definition) is 1. The van der Waals surface area contributed by atoms with Gasteiger partial charge in [0, 0.05) is 9.35 Å². The summed E-state index contributed by atoms with van der Waals surface area (Å²) in [6.07, 6.45) is 0. The smallest absolute Gasteiger partial charge is 0.0702 e. The molecule has 0 saturated carbocycles. The molecule has 1 unspecified atom stereocenters. The third-order valence-corrected chi connectivity index (χ3v) is 5.69. The lowest BCUT2D eigenvalue weighted by Gasteiger charge is -2.20. The molecule has 2 rings (SSSR count). The number of rotatable bonds is 4. The fraction of sp³-hybridized carbons (Fsp3) is 0.333. The van der Waals surface area contributed by atoms with Gasteiger partial charge >= 0.3 is 0 Å². The van der Waals surface area contributed by atoms with Crippen molar-refractivity contribution in [3.05, 3.63) is 54.1 Å². The molecule has 1 aromatic carbocycles. The minimum absolute atomic E-state index is 0.271. The second kappa shape index (κ2) is 6.53. The fourth-order valence-electron chi connectivity index (χ4n) is 2.17. The van der Waals surface area contributed by atoms with Crippen molar-refractivity contribution in [1.29, 1.82) is 0 Å². The molecule has 0 spiro atoms. The minimum Gasteiger partial charge on any atom is -0.306 e. The van der Waals surface area contributed by atoms with Crippen molar-refractivity contribution in [2.45, 2.75) is 26.8 Å². The predicted molar refractivity (Wildman–Crippen MR) is 91.2 cm³/mol. The van der Waals surface area contributed by atoms with Crippen molar-refractivity contribution >= 4 is 43.2 Å². The first-order valence-corrected chi connectivity index (χ1v) is 8.68. The van der Waals surface area contributed by atoms with E-state index in [0.717, 1.165) is 6.54 Å². The van der Waals surface area contributed by atoms with Gasteiger partial charge in [0.15, 0.2) is 0 Å². The molecule has 0 aliphatic rings. The topological polar surface area (TPSA) is 12.0 Å². The number of hydrogen-bond acceptors (Lipinski definition) is 2. The van der Waals surface area contributed by atoms with E-state index in [1.807, 2.05) is 0 Å². The summed E-state index contributed by atoms with van der Waals surface area (Å²) >= 11 is 8.95. The molecule has 0 saturated heterocycles. The van der Waals surface area contributed by atoms with Crippen molar-refractivity contribution in [2.75, 3.05) is 6.54 Å². The quantitative estimate of drug-likeness (QED) is 0.702. The molecule has 4 heteroatoms. The van der Waals surface area contributed by atoms with E-state index < -0.39 is 0 Å². The molecule has 1 heterocycles. The average Bonchev–Trinajstić information content (AvgIpc) is 2.78. The Bertz CT molecular complexity index is 578. The summed E-state index contributed by atoms with van der Waals surface area (Å²) in [7, 11) is 0. The number of nitrogens with one attached hydrogen (secondary N) is 1. The first-order valence-electron chi connectivity index (χ1n) is 6.28. The first-order chi connectivity index (χ1) is 9.02. The van der Waals surface area contributed by atoms with Crippen LogP contribution in [0.1, 0.15) is 34.5 Å². The molecule has 0 aliphatic heterocycles. The largest absolute Gasteiger partial charge is 0.306 e. The maximum atomic E-state index is 3.60. The number of halogens is 2. The molecule has 2 aromatic rings. The zero-order valence-corrected chi connectivity index (χ0v) is 15.2. The van der Waals surface area contributed by atoms with Gasteiger partial charge in [0.25, 0.3) is 0 Å². The first kappa shape index (κ1) is 15.2. The normalized spacial score (nSPS) is 12.7. The Morgan fingerprint density at radius 1 is 1.16 bits per heavy atom. The maximum absolute atomic E-state index is 3.60. The molecule has 0 radical (unpaired) electrons. The minimum atomic E-state index is 0.271. The molecule has 19 heavy (non-hydrogen) atoms. The van der Waals surface area contributed by atoms with E-state index >= 15 is 0 Å². The second-order valence-electron chi connectivity index (χ2n) is 4.59. The van der Waals surface area contributed by atoms with Gasteiger partial charge in [0.1, 0.15) is 0 Å². The molecule has 0 bridgehead atoms. The van der Waals surface area contributed by atoms with Crippen LogP contribution in [0.5, 0.6) is 0 Å². The molecular formula is C15H17Br2NS. The average molecular weight is 403 g/mol. The Hall–Kier alpha value is -0.160. The monoisotopic (exact) mass is 401 g/mol. The van der Waals surface area contributed by atoms with E-state index in [1.54, 1.807) is 11.3 Å². The highest BCUT2D eigenvalue weighted by molar-refractivity contribution is 9.11. The lowest BCUT2D eigenvalue weighted by atomic mass is 9.98. The van der Waals surface area contributed by atoms with Gasteiger partial charge in [-0.2, -0.15) is 0 Å². The number of benzene rings is 1. The van der Waals surface area contributed by atoms with Gasteiger partial charge in [-0.1, -0.05) is 28.9 Å². The van der Waals surface area contributed by atoms with Crippen LogP contribution >= 0.6 is 43.2 Å². The summed E-state index contributed by atoms with van der Waals surface area (Å²) in [5.74, 6) is 0. The highest BCUT2D eigenvalue weighted by atomic mass is 79.9. The van der Waals surface area contributed by atoms with Crippen LogP contribution in [0.25, 0.3) is 0 Å². The summed E-state index contributed by atoms with van der Waals surface area (Å²) in [6, 6.07) is 9.07. The third kappa shape index (κ3) is 3.48. The van der Waals surface area contributed by atoms with Crippen LogP contribution in [0.4, 0.5) is 0 Å². The SMILES string of the molecule is CCNC(c1ccc(Br)s1)c1cc(C)c(Br)cc1C. The van der Waals surface area contributed by atoms with E-state index in [9.17, 15) is 0 Å². The van der Waals surface area contributed by atoms with Crippen molar-refractivity contribution in [3.63, 3.8) is 0 Å². The van der Waals surface area contributed by atoms with Gasteiger partial charge in [-0.25, -0.2) is 0 Å². The summed E-state index contributed by atoms with van der Waals surface area (Å²) in [5, 5.41) is 3.59. The molecule has 0 aliphatic carbocycles. The number of thiophene rings is 1. The lowest BCUT2D eigenvalue weighted by molar-refractivity contribution is 0.636. The Labute approximate surface area is 135 Å². The molecule has 1 aromatic heterocycles. The van der Waals surface area contributed by atoms with Crippen LogP contribution in [-0.4, -0.2) is 6.54 Å². The van der Waals surface area contributed by atoms with Crippen molar-refractivity contribution < 1.29 is 0 Å². The summed E-state index contributed by atoms with van der Waals surface area (Å²) in [6.45, 7) is 7.42. The van der Waals surface area contributed by atoms with E-state index in [0.29, 0.717) is 0 Å². The van der Waals surface area contributed by atoms with Crippen molar-refractivity contribution in [3.8, 4) is 0 Å². The van der Waals surface area contributed by atoms with Crippen LogP contribution in [0.15, 0.2) is 32.5 Å². The zero-order valence-electron chi connectivity index (χ0n) is 11.3. The standard InChI is InChI=1S/C15H17Br2NS/c1-4-18-15(13-5-6-14(17)19-13)11-7-10(3)12(16)8-9(11)2/h5-8,15,18H,4H2,1-3H3. The molecule has 0 fully saturated rings. The highest BCUT2D eigenvalue weighted by Crippen LogP contribution is 2.34. The third-order valence-electron chi connectivity index (χ3n) is 3.15. The van der Waals surface area contributed by atoms with Crippen molar-refractivity contribution in [1.82, 2.24) is 5.32 Å². The Kier molecular flexibility index (Phi) is 5.23. The van der Waals surface area contributed by atoms with Gasteiger partial charge in [-0.05, 0) is 71.2 Å². The van der Waals surface area contributed by atoms with E-state index in [2.05, 4.69) is 82.2 Å². The van der Waals surface area contributed by atoms with E-state index in [-0.39, 0.29) is 6.04 Å². The van der Waals surface area contributed by atoms with E-state index in [1.165, 1.54) is 29.8 Å². The summed E-state index contributed by atoms with van der Waals surface area (Å²) < 4.78 is 2.35. The predicted octanol–water partition coefficient (Wildman–Crippen LogP) is 5.59. The van der Waals surface area contributed by atoms with Crippen molar-refractivity contribution in [2.24, 2.45) is 0 Å². The van der Waals surface area contributed by atoms with Crippen LogP contribution in [0.3, 0.4) is 0 Å². The molecule has 1 atom stereocenters. The summed E-state index contributed by atoms with van der Waals surface area (Å²) in [4.78, 5) is 1.35. The molecular weight excluding hydrogens is 386 g/mol. The molecule has 102 valence electrons. The lowest BCUT2D eigenvalue weighted by Crippen LogP contribution is -2.22. The Morgan fingerprint density at radius 2 is 1.89 bits per heavy atom. The Morgan fingerprint density at radius 3 is 2.47 bits per heavy atom. The molecule has 0 amide bonds. The van der Waals surface area contributed by atoms with Gasteiger partial charge < -0.3 is 5.32 Å². The molecule has 1 N–H and O–H groups in total. The number of aryl methyl sites for hydroxylation is 2.